The molecule has 0 aliphatic carbocycles. The summed E-state index contributed by atoms with van der Waals surface area (Å²) in [5.74, 6) is 2.53. The molecule has 0 atom stereocenters. The fourth-order valence-electron chi connectivity index (χ4n) is 2.24. The van der Waals surface area contributed by atoms with Gasteiger partial charge in [0.2, 0.25) is 0 Å². The van der Waals surface area contributed by atoms with Gasteiger partial charge in [-0.15, -0.1) is 0 Å². The fraction of sp³-hybridized carbons (Fsp3) is 0.316. The van der Waals surface area contributed by atoms with E-state index in [1.165, 1.54) is 5.56 Å². The molecule has 1 amide bonds. The second-order valence-electron chi connectivity index (χ2n) is 5.50. The van der Waals surface area contributed by atoms with Crippen LogP contribution in [-0.2, 0) is 10.5 Å². The molecule has 0 radical (unpaired) electrons. The Labute approximate surface area is 142 Å². The molecule has 23 heavy (non-hydrogen) atoms. The highest BCUT2D eigenvalue weighted by Crippen LogP contribution is 2.16. The highest BCUT2D eigenvalue weighted by atomic mass is 32.2. The molecular formula is C19H23NO2S. The largest absolute Gasteiger partial charge is 0.484 e. The van der Waals surface area contributed by atoms with Gasteiger partial charge in [-0.1, -0.05) is 36.4 Å². The van der Waals surface area contributed by atoms with E-state index in [4.69, 9.17) is 4.74 Å². The van der Waals surface area contributed by atoms with E-state index < -0.39 is 0 Å². The van der Waals surface area contributed by atoms with Gasteiger partial charge in [-0.3, -0.25) is 4.79 Å². The fourth-order valence-corrected chi connectivity index (χ4v) is 3.06. The van der Waals surface area contributed by atoms with Crippen molar-refractivity contribution in [3.63, 3.8) is 0 Å². The van der Waals surface area contributed by atoms with Crippen LogP contribution in [0.25, 0.3) is 0 Å². The van der Waals surface area contributed by atoms with Crippen LogP contribution in [0.5, 0.6) is 5.75 Å². The number of ether oxygens (including phenoxy) is 1. The molecule has 2 aromatic carbocycles. The number of nitrogens with one attached hydrogen (secondary N) is 1. The van der Waals surface area contributed by atoms with Crippen molar-refractivity contribution in [1.29, 1.82) is 0 Å². The van der Waals surface area contributed by atoms with Gasteiger partial charge in [0.25, 0.3) is 5.91 Å². The SMILES string of the molecule is Cc1cc(C)cc(OCC(=O)NCCSCc2ccccc2)c1. The third-order valence-corrected chi connectivity index (χ3v) is 4.28. The second kappa shape index (κ2) is 9.26. The lowest BCUT2D eigenvalue weighted by Gasteiger charge is -2.09. The van der Waals surface area contributed by atoms with E-state index in [0.29, 0.717) is 6.54 Å². The summed E-state index contributed by atoms with van der Waals surface area (Å²) in [6.45, 7) is 4.76. The number of carbonyl (C=O) groups excluding carboxylic acids is 1. The molecule has 0 aliphatic heterocycles. The number of carbonyl (C=O) groups is 1. The van der Waals surface area contributed by atoms with Crippen molar-refractivity contribution in [2.45, 2.75) is 19.6 Å². The lowest BCUT2D eigenvalue weighted by atomic mass is 10.1. The molecule has 2 rings (SSSR count). The number of thioether (sulfide) groups is 1. The van der Waals surface area contributed by atoms with Crippen LogP contribution < -0.4 is 10.1 Å². The Hall–Kier alpha value is -1.94. The van der Waals surface area contributed by atoms with Gasteiger partial charge in [0.05, 0.1) is 0 Å². The van der Waals surface area contributed by atoms with Crippen LogP contribution in [0.2, 0.25) is 0 Å². The zero-order chi connectivity index (χ0) is 16.5. The molecule has 0 bridgehead atoms. The van der Waals surface area contributed by atoms with Gasteiger partial charge in [0.1, 0.15) is 5.75 Å². The first-order valence-electron chi connectivity index (χ1n) is 7.73. The summed E-state index contributed by atoms with van der Waals surface area (Å²) < 4.78 is 5.54. The van der Waals surface area contributed by atoms with Crippen LogP contribution in [0.3, 0.4) is 0 Å². The van der Waals surface area contributed by atoms with Gasteiger partial charge in [0.15, 0.2) is 6.61 Å². The van der Waals surface area contributed by atoms with E-state index in [1.807, 2.05) is 55.9 Å². The van der Waals surface area contributed by atoms with Crippen LogP contribution in [-0.4, -0.2) is 24.8 Å². The molecule has 0 saturated heterocycles. The molecule has 2 aromatic rings. The quantitative estimate of drug-likeness (QED) is 0.750. The molecule has 4 heteroatoms. The average molecular weight is 329 g/mol. The topological polar surface area (TPSA) is 38.3 Å². The Kier molecular flexibility index (Phi) is 7.01. The van der Waals surface area contributed by atoms with E-state index in [1.54, 1.807) is 0 Å². The van der Waals surface area contributed by atoms with Crippen LogP contribution in [0.1, 0.15) is 16.7 Å². The summed E-state index contributed by atoms with van der Waals surface area (Å²) >= 11 is 1.81. The lowest BCUT2D eigenvalue weighted by molar-refractivity contribution is -0.122. The summed E-state index contributed by atoms with van der Waals surface area (Å²) in [5.41, 5.74) is 3.58. The predicted molar refractivity (Wildman–Crippen MR) is 97.0 cm³/mol. The van der Waals surface area contributed by atoms with Crippen LogP contribution in [0.4, 0.5) is 0 Å². The van der Waals surface area contributed by atoms with E-state index in [-0.39, 0.29) is 12.5 Å². The Morgan fingerprint density at radius 1 is 1.09 bits per heavy atom. The standard InChI is InChI=1S/C19H23NO2S/c1-15-10-16(2)12-18(11-15)22-13-19(21)20-8-9-23-14-17-6-4-3-5-7-17/h3-7,10-12H,8-9,13-14H2,1-2H3,(H,20,21). The Morgan fingerprint density at radius 2 is 1.78 bits per heavy atom. The first-order valence-corrected chi connectivity index (χ1v) is 8.88. The van der Waals surface area contributed by atoms with Gasteiger partial charge in [-0.05, 0) is 42.7 Å². The molecule has 0 unspecified atom stereocenters. The molecule has 3 nitrogen and oxygen atoms in total. The average Bonchev–Trinajstić information content (AvgIpc) is 2.53. The molecule has 122 valence electrons. The highest BCUT2D eigenvalue weighted by Gasteiger charge is 2.03. The molecule has 0 heterocycles. The maximum Gasteiger partial charge on any atom is 0.257 e. The number of aryl methyl sites for hydroxylation is 2. The maximum absolute atomic E-state index is 11.8. The Morgan fingerprint density at radius 3 is 2.48 bits per heavy atom. The molecule has 0 fully saturated rings. The molecule has 0 saturated carbocycles. The first-order chi connectivity index (χ1) is 11.1. The summed E-state index contributed by atoms with van der Waals surface area (Å²) in [6.07, 6.45) is 0. The summed E-state index contributed by atoms with van der Waals surface area (Å²) in [4.78, 5) is 11.8. The first kappa shape index (κ1) is 17.4. The molecule has 0 aromatic heterocycles. The van der Waals surface area contributed by atoms with Crippen LogP contribution in [0.15, 0.2) is 48.5 Å². The lowest BCUT2D eigenvalue weighted by Crippen LogP contribution is -2.30. The van der Waals surface area contributed by atoms with Crippen molar-refractivity contribution in [2.75, 3.05) is 18.9 Å². The van der Waals surface area contributed by atoms with Crippen molar-refractivity contribution in [3.05, 3.63) is 65.2 Å². The van der Waals surface area contributed by atoms with E-state index in [2.05, 4.69) is 23.5 Å². The molecule has 0 aliphatic rings. The third kappa shape index (κ3) is 6.78. The zero-order valence-corrected chi connectivity index (χ0v) is 14.5. The van der Waals surface area contributed by atoms with Gasteiger partial charge in [0, 0.05) is 18.1 Å². The maximum atomic E-state index is 11.8. The highest BCUT2D eigenvalue weighted by molar-refractivity contribution is 7.98. The van der Waals surface area contributed by atoms with Gasteiger partial charge in [-0.2, -0.15) is 11.8 Å². The number of amides is 1. The van der Waals surface area contributed by atoms with Crippen molar-refractivity contribution in [2.24, 2.45) is 0 Å². The third-order valence-electron chi connectivity index (χ3n) is 3.25. The van der Waals surface area contributed by atoms with Crippen molar-refractivity contribution < 1.29 is 9.53 Å². The van der Waals surface area contributed by atoms with Crippen molar-refractivity contribution in [1.82, 2.24) is 5.32 Å². The smallest absolute Gasteiger partial charge is 0.257 e. The van der Waals surface area contributed by atoms with Crippen molar-refractivity contribution in [3.8, 4) is 5.75 Å². The van der Waals surface area contributed by atoms with E-state index in [9.17, 15) is 4.79 Å². The minimum atomic E-state index is -0.0792. The Bertz CT molecular complexity index is 608. The van der Waals surface area contributed by atoms with Crippen LogP contribution >= 0.6 is 11.8 Å². The number of benzene rings is 2. The number of hydrogen-bond acceptors (Lipinski definition) is 3. The molecule has 1 N–H and O–H groups in total. The zero-order valence-electron chi connectivity index (χ0n) is 13.7. The Balaban J connectivity index is 1.60. The minimum Gasteiger partial charge on any atom is -0.484 e. The molecule has 0 spiro atoms. The predicted octanol–water partition coefficient (Wildman–Crippen LogP) is 3.73. The van der Waals surface area contributed by atoms with E-state index >= 15 is 0 Å². The molecular weight excluding hydrogens is 306 g/mol. The van der Waals surface area contributed by atoms with Gasteiger partial charge >= 0.3 is 0 Å². The summed E-state index contributed by atoms with van der Waals surface area (Å²) in [6, 6.07) is 16.3. The number of hydrogen-bond donors (Lipinski definition) is 1. The van der Waals surface area contributed by atoms with Gasteiger partial charge < -0.3 is 10.1 Å². The van der Waals surface area contributed by atoms with Crippen LogP contribution in [0, 0.1) is 13.8 Å². The summed E-state index contributed by atoms with van der Waals surface area (Å²) in [5, 5.41) is 2.88. The van der Waals surface area contributed by atoms with E-state index in [0.717, 1.165) is 28.4 Å². The monoisotopic (exact) mass is 329 g/mol. The second-order valence-corrected chi connectivity index (χ2v) is 6.61. The normalized spacial score (nSPS) is 10.3. The van der Waals surface area contributed by atoms with Crippen molar-refractivity contribution >= 4 is 17.7 Å². The van der Waals surface area contributed by atoms with Gasteiger partial charge in [-0.25, -0.2) is 0 Å². The number of rotatable bonds is 8. The minimum absolute atomic E-state index is 0.0618. The summed E-state index contributed by atoms with van der Waals surface area (Å²) in [7, 11) is 0.